The number of rotatable bonds is 4. The van der Waals surface area contributed by atoms with Gasteiger partial charge < -0.3 is 5.32 Å². The minimum Gasteiger partial charge on any atom is -0.323 e. The predicted octanol–water partition coefficient (Wildman–Crippen LogP) is 5.16. The zero-order valence-electron chi connectivity index (χ0n) is 13.3. The molecule has 1 fully saturated rings. The van der Waals surface area contributed by atoms with Crippen LogP contribution in [0.15, 0.2) is 72.8 Å². The molecule has 0 aliphatic heterocycles. The third-order valence-corrected chi connectivity index (χ3v) is 4.60. The molecule has 2 aromatic carbocycles. The summed E-state index contributed by atoms with van der Waals surface area (Å²) in [6.07, 6.45) is 8.52. The minimum absolute atomic E-state index is 0.0404. The van der Waals surface area contributed by atoms with Gasteiger partial charge >= 0.3 is 0 Å². The van der Waals surface area contributed by atoms with Gasteiger partial charge in [-0.25, -0.2) is 0 Å². The molecule has 1 aliphatic rings. The summed E-state index contributed by atoms with van der Waals surface area (Å²) < 4.78 is 0. The van der Waals surface area contributed by atoms with Gasteiger partial charge in [0, 0.05) is 5.69 Å². The molecule has 0 saturated heterocycles. The summed E-state index contributed by atoms with van der Waals surface area (Å²) in [7, 11) is 0. The van der Waals surface area contributed by atoms with Crippen LogP contribution in [0.1, 0.15) is 37.2 Å². The zero-order chi connectivity index (χ0) is 15.9. The van der Waals surface area contributed by atoms with Gasteiger partial charge in [-0.2, -0.15) is 0 Å². The fourth-order valence-electron chi connectivity index (χ4n) is 3.30. The van der Waals surface area contributed by atoms with Crippen LogP contribution in [0.5, 0.6) is 0 Å². The summed E-state index contributed by atoms with van der Waals surface area (Å²) in [6.45, 7) is 0. The van der Waals surface area contributed by atoms with Crippen LogP contribution >= 0.6 is 0 Å². The first kappa shape index (κ1) is 15.5. The lowest BCUT2D eigenvalue weighted by molar-refractivity contribution is -0.111. The number of hydrogen-bond donors (Lipinski definition) is 1. The highest BCUT2D eigenvalue weighted by Gasteiger charge is 2.20. The molecular weight excluding hydrogens is 282 g/mol. The highest BCUT2D eigenvalue weighted by atomic mass is 16.1. The number of anilines is 1. The third kappa shape index (κ3) is 4.56. The molecule has 1 saturated carbocycles. The van der Waals surface area contributed by atoms with Crippen molar-refractivity contribution >= 4 is 11.6 Å². The van der Waals surface area contributed by atoms with E-state index < -0.39 is 0 Å². The summed E-state index contributed by atoms with van der Waals surface area (Å²) in [5.74, 6) is 1.16. The number of carbonyl (C=O) groups excluding carboxylic acids is 1. The van der Waals surface area contributed by atoms with Crippen LogP contribution in [0.3, 0.4) is 0 Å². The molecule has 1 amide bonds. The van der Waals surface area contributed by atoms with E-state index in [1.54, 1.807) is 6.08 Å². The Labute approximate surface area is 138 Å². The Morgan fingerprint density at radius 3 is 2.13 bits per heavy atom. The van der Waals surface area contributed by atoms with Crippen molar-refractivity contribution in [3.05, 3.63) is 78.4 Å². The molecule has 0 bridgehead atoms. The maximum absolute atomic E-state index is 11.9. The smallest absolute Gasteiger partial charge is 0.248 e. The van der Waals surface area contributed by atoms with Gasteiger partial charge in [0.15, 0.2) is 0 Å². The molecule has 2 heteroatoms. The monoisotopic (exact) mass is 305 g/mol. The normalized spacial score (nSPS) is 21.2. The Bertz CT molecular complexity index is 640. The number of benzene rings is 2. The number of para-hydroxylation sites is 1. The lowest BCUT2D eigenvalue weighted by atomic mass is 9.78. The molecule has 0 radical (unpaired) electrons. The average molecular weight is 305 g/mol. The fraction of sp³-hybridized carbons (Fsp3) is 0.286. The van der Waals surface area contributed by atoms with E-state index in [2.05, 4.69) is 41.7 Å². The summed E-state index contributed by atoms with van der Waals surface area (Å²) in [4.78, 5) is 11.9. The molecule has 2 nitrogen and oxygen atoms in total. The van der Waals surface area contributed by atoms with Crippen LogP contribution in [0.4, 0.5) is 5.69 Å². The number of nitrogens with one attached hydrogen (secondary N) is 1. The van der Waals surface area contributed by atoms with Crippen LogP contribution in [0, 0.1) is 5.92 Å². The molecule has 0 atom stereocenters. The molecule has 2 aromatic rings. The van der Waals surface area contributed by atoms with Crippen molar-refractivity contribution in [3.63, 3.8) is 0 Å². The molecule has 0 aromatic heterocycles. The summed E-state index contributed by atoms with van der Waals surface area (Å²) in [5, 5.41) is 2.89. The number of carbonyl (C=O) groups is 1. The van der Waals surface area contributed by atoms with Gasteiger partial charge in [-0.15, -0.1) is 0 Å². The number of hydrogen-bond acceptors (Lipinski definition) is 1. The predicted molar refractivity (Wildman–Crippen MR) is 95.4 cm³/mol. The van der Waals surface area contributed by atoms with Crippen LogP contribution in [-0.2, 0) is 4.79 Å². The quantitative estimate of drug-likeness (QED) is 0.777. The standard InChI is InChI=1S/C21H23NO/c23-21(22-20-9-5-2-6-10-20)16-13-17-11-14-19(15-12-17)18-7-3-1-4-8-18/h1-10,13,16-17,19H,11-12,14-15H2,(H,22,23). The summed E-state index contributed by atoms with van der Waals surface area (Å²) in [6, 6.07) is 20.4. The van der Waals surface area contributed by atoms with Crippen molar-refractivity contribution in [3.8, 4) is 0 Å². The van der Waals surface area contributed by atoms with Gasteiger partial charge in [0.2, 0.25) is 5.91 Å². The van der Waals surface area contributed by atoms with Gasteiger partial charge in [-0.05, 0) is 61.3 Å². The topological polar surface area (TPSA) is 29.1 Å². The summed E-state index contributed by atoms with van der Waals surface area (Å²) >= 11 is 0. The fourth-order valence-corrected chi connectivity index (χ4v) is 3.30. The molecule has 1 N–H and O–H groups in total. The van der Waals surface area contributed by atoms with Crippen molar-refractivity contribution in [1.29, 1.82) is 0 Å². The third-order valence-electron chi connectivity index (χ3n) is 4.60. The van der Waals surface area contributed by atoms with Gasteiger partial charge in [0.05, 0.1) is 0 Å². The Kier molecular flexibility index (Phi) is 5.25. The van der Waals surface area contributed by atoms with Crippen LogP contribution in [0.2, 0.25) is 0 Å². The zero-order valence-corrected chi connectivity index (χ0v) is 13.3. The first-order valence-corrected chi connectivity index (χ1v) is 8.40. The van der Waals surface area contributed by atoms with Gasteiger partial charge in [0.25, 0.3) is 0 Å². The first-order valence-electron chi connectivity index (χ1n) is 8.40. The SMILES string of the molecule is O=C(C=CC1CCC(c2ccccc2)CC1)Nc1ccccc1. The lowest BCUT2D eigenvalue weighted by Crippen LogP contribution is -2.13. The maximum Gasteiger partial charge on any atom is 0.248 e. The molecule has 0 unspecified atom stereocenters. The largest absolute Gasteiger partial charge is 0.323 e. The highest BCUT2D eigenvalue weighted by molar-refractivity contribution is 5.99. The number of amides is 1. The second-order valence-electron chi connectivity index (χ2n) is 6.24. The van der Waals surface area contributed by atoms with Crippen LogP contribution in [0.25, 0.3) is 0 Å². The van der Waals surface area contributed by atoms with Crippen molar-refractivity contribution in [2.45, 2.75) is 31.6 Å². The van der Waals surface area contributed by atoms with E-state index in [-0.39, 0.29) is 5.91 Å². The Morgan fingerprint density at radius 1 is 0.870 bits per heavy atom. The maximum atomic E-state index is 11.9. The van der Waals surface area contributed by atoms with Crippen molar-refractivity contribution < 1.29 is 4.79 Å². The van der Waals surface area contributed by atoms with E-state index in [1.165, 1.54) is 18.4 Å². The van der Waals surface area contributed by atoms with Crippen molar-refractivity contribution in [2.75, 3.05) is 5.32 Å². The van der Waals surface area contributed by atoms with Gasteiger partial charge in [-0.1, -0.05) is 54.6 Å². The Hall–Kier alpha value is -2.35. The second kappa shape index (κ2) is 7.77. The van der Waals surface area contributed by atoms with Crippen molar-refractivity contribution in [2.24, 2.45) is 5.92 Å². The first-order chi connectivity index (χ1) is 11.3. The average Bonchev–Trinajstić information content (AvgIpc) is 2.62. The summed E-state index contributed by atoms with van der Waals surface area (Å²) in [5.41, 5.74) is 2.30. The van der Waals surface area contributed by atoms with E-state index in [9.17, 15) is 4.79 Å². The van der Waals surface area contributed by atoms with E-state index in [0.717, 1.165) is 18.5 Å². The lowest BCUT2D eigenvalue weighted by Gasteiger charge is -2.27. The Morgan fingerprint density at radius 2 is 1.48 bits per heavy atom. The van der Waals surface area contributed by atoms with E-state index in [0.29, 0.717) is 11.8 Å². The van der Waals surface area contributed by atoms with E-state index in [4.69, 9.17) is 0 Å². The van der Waals surface area contributed by atoms with Gasteiger partial charge in [-0.3, -0.25) is 4.79 Å². The van der Waals surface area contributed by atoms with Crippen LogP contribution in [-0.4, -0.2) is 5.91 Å². The second-order valence-corrected chi connectivity index (χ2v) is 6.24. The molecule has 0 heterocycles. The van der Waals surface area contributed by atoms with Crippen molar-refractivity contribution in [1.82, 2.24) is 0 Å². The van der Waals surface area contributed by atoms with E-state index in [1.807, 2.05) is 30.3 Å². The highest BCUT2D eigenvalue weighted by Crippen LogP contribution is 2.36. The molecule has 118 valence electrons. The Balaban J connectivity index is 1.47. The molecular formula is C21H23NO. The molecule has 0 spiro atoms. The number of allylic oxidation sites excluding steroid dienone is 1. The molecule has 1 aliphatic carbocycles. The van der Waals surface area contributed by atoms with Gasteiger partial charge in [0.1, 0.15) is 0 Å². The molecule has 23 heavy (non-hydrogen) atoms. The van der Waals surface area contributed by atoms with E-state index >= 15 is 0 Å². The minimum atomic E-state index is -0.0404. The molecule has 3 rings (SSSR count). The van der Waals surface area contributed by atoms with Crippen LogP contribution < -0.4 is 5.32 Å².